The normalized spacial score (nSPS) is 23.2. The summed E-state index contributed by atoms with van der Waals surface area (Å²) in [4.78, 5) is 24.7. The lowest BCUT2D eigenvalue weighted by atomic mass is 9.68. The average Bonchev–Trinajstić information content (AvgIpc) is 3.00. The van der Waals surface area contributed by atoms with Crippen LogP contribution in [-0.2, 0) is 19.7 Å². The SMILES string of the molecule is COc1ccc(C2(C(=O)NC3CCOC3=O)CCCCC2)cc1. The first kappa shape index (κ1) is 15.8. The molecular formula is C18H23NO4. The number of hydrogen-bond donors (Lipinski definition) is 1. The standard InChI is InChI=1S/C18H23NO4/c1-22-14-7-5-13(6-8-14)18(10-3-2-4-11-18)17(21)19-15-9-12-23-16(15)20/h5-8,15H,2-4,9-12H2,1H3,(H,19,21). The zero-order valence-electron chi connectivity index (χ0n) is 13.5. The Kier molecular flexibility index (Phi) is 4.55. The maximum absolute atomic E-state index is 13.0. The number of rotatable bonds is 4. The second-order valence-electron chi connectivity index (χ2n) is 6.35. The molecule has 23 heavy (non-hydrogen) atoms. The number of nitrogens with one attached hydrogen (secondary N) is 1. The van der Waals surface area contributed by atoms with Crippen LogP contribution in [0, 0.1) is 0 Å². The summed E-state index contributed by atoms with van der Waals surface area (Å²) in [6, 6.07) is 7.22. The Morgan fingerprint density at radius 3 is 2.48 bits per heavy atom. The average molecular weight is 317 g/mol. The molecule has 2 fully saturated rings. The molecule has 5 heteroatoms. The zero-order chi connectivity index (χ0) is 16.3. The van der Waals surface area contributed by atoms with Gasteiger partial charge in [-0.1, -0.05) is 31.4 Å². The summed E-state index contributed by atoms with van der Waals surface area (Å²) in [5.41, 5.74) is 0.454. The summed E-state index contributed by atoms with van der Waals surface area (Å²) >= 11 is 0. The van der Waals surface area contributed by atoms with Crippen molar-refractivity contribution >= 4 is 11.9 Å². The van der Waals surface area contributed by atoms with Crippen LogP contribution in [0.25, 0.3) is 0 Å². The van der Waals surface area contributed by atoms with Crippen LogP contribution in [0.5, 0.6) is 5.75 Å². The van der Waals surface area contributed by atoms with Gasteiger partial charge in [0.05, 0.1) is 19.1 Å². The van der Waals surface area contributed by atoms with Gasteiger partial charge in [0.2, 0.25) is 5.91 Å². The highest BCUT2D eigenvalue weighted by Crippen LogP contribution is 2.40. The van der Waals surface area contributed by atoms with Gasteiger partial charge in [0.1, 0.15) is 11.8 Å². The monoisotopic (exact) mass is 317 g/mol. The van der Waals surface area contributed by atoms with Crippen molar-refractivity contribution in [2.75, 3.05) is 13.7 Å². The van der Waals surface area contributed by atoms with Crippen LogP contribution in [-0.4, -0.2) is 31.6 Å². The molecule has 1 aliphatic heterocycles. The van der Waals surface area contributed by atoms with Crippen molar-refractivity contribution in [3.8, 4) is 5.75 Å². The third kappa shape index (κ3) is 3.05. The second-order valence-corrected chi connectivity index (χ2v) is 6.35. The first-order valence-corrected chi connectivity index (χ1v) is 8.28. The fourth-order valence-electron chi connectivity index (χ4n) is 3.64. The molecule has 1 saturated heterocycles. The molecule has 1 aromatic rings. The van der Waals surface area contributed by atoms with Crippen LogP contribution in [0.1, 0.15) is 44.1 Å². The first-order chi connectivity index (χ1) is 11.2. The van der Waals surface area contributed by atoms with E-state index in [1.54, 1.807) is 7.11 Å². The van der Waals surface area contributed by atoms with E-state index in [2.05, 4.69) is 5.32 Å². The van der Waals surface area contributed by atoms with Gasteiger partial charge in [0.15, 0.2) is 0 Å². The van der Waals surface area contributed by atoms with Crippen LogP contribution < -0.4 is 10.1 Å². The van der Waals surface area contributed by atoms with Crippen molar-refractivity contribution in [2.24, 2.45) is 0 Å². The fraction of sp³-hybridized carbons (Fsp3) is 0.556. The molecule has 0 aromatic heterocycles. The number of cyclic esters (lactones) is 1. The molecule has 1 aliphatic carbocycles. The summed E-state index contributed by atoms with van der Waals surface area (Å²) in [7, 11) is 1.63. The molecule has 1 saturated carbocycles. The van der Waals surface area contributed by atoms with Gasteiger partial charge in [-0.15, -0.1) is 0 Å². The lowest BCUT2D eigenvalue weighted by Gasteiger charge is -2.37. The highest BCUT2D eigenvalue weighted by atomic mass is 16.5. The van der Waals surface area contributed by atoms with Gasteiger partial charge in [0.25, 0.3) is 0 Å². The predicted molar refractivity (Wildman–Crippen MR) is 85.3 cm³/mol. The predicted octanol–water partition coefficient (Wildman–Crippen LogP) is 2.33. The number of hydrogen-bond acceptors (Lipinski definition) is 4. The first-order valence-electron chi connectivity index (χ1n) is 8.28. The van der Waals surface area contributed by atoms with Crippen molar-refractivity contribution in [3.05, 3.63) is 29.8 Å². The smallest absolute Gasteiger partial charge is 0.328 e. The molecule has 0 radical (unpaired) electrons. The van der Waals surface area contributed by atoms with E-state index in [0.29, 0.717) is 13.0 Å². The van der Waals surface area contributed by atoms with Crippen molar-refractivity contribution < 1.29 is 19.1 Å². The van der Waals surface area contributed by atoms with E-state index in [1.165, 1.54) is 0 Å². The van der Waals surface area contributed by atoms with E-state index in [-0.39, 0.29) is 11.9 Å². The van der Waals surface area contributed by atoms with Gasteiger partial charge in [0, 0.05) is 6.42 Å². The number of carbonyl (C=O) groups excluding carboxylic acids is 2. The Balaban J connectivity index is 1.85. The molecule has 1 atom stereocenters. The molecule has 0 bridgehead atoms. The molecule has 1 N–H and O–H groups in total. The van der Waals surface area contributed by atoms with E-state index in [9.17, 15) is 9.59 Å². The zero-order valence-corrected chi connectivity index (χ0v) is 13.5. The molecule has 124 valence electrons. The van der Waals surface area contributed by atoms with Gasteiger partial charge in [-0.2, -0.15) is 0 Å². The van der Waals surface area contributed by atoms with E-state index >= 15 is 0 Å². The van der Waals surface area contributed by atoms with Crippen LogP contribution >= 0.6 is 0 Å². The van der Waals surface area contributed by atoms with Gasteiger partial charge >= 0.3 is 5.97 Å². The van der Waals surface area contributed by atoms with E-state index < -0.39 is 11.5 Å². The quantitative estimate of drug-likeness (QED) is 0.866. The van der Waals surface area contributed by atoms with Crippen molar-refractivity contribution in [2.45, 2.75) is 50.0 Å². The maximum atomic E-state index is 13.0. The minimum atomic E-state index is -0.548. The Bertz CT molecular complexity index is 575. The Hall–Kier alpha value is -2.04. The number of ether oxygens (including phenoxy) is 2. The number of esters is 1. The topological polar surface area (TPSA) is 64.6 Å². The third-order valence-electron chi connectivity index (χ3n) is 5.03. The van der Waals surface area contributed by atoms with Crippen LogP contribution in [0.3, 0.4) is 0 Å². The minimum Gasteiger partial charge on any atom is -0.497 e. The lowest BCUT2D eigenvalue weighted by molar-refractivity contribution is -0.142. The van der Waals surface area contributed by atoms with Crippen molar-refractivity contribution in [1.29, 1.82) is 0 Å². The van der Waals surface area contributed by atoms with Crippen molar-refractivity contribution in [3.63, 3.8) is 0 Å². The highest BCUT2D eigenvalue weighted by molar-refractivity contribution is 5.92. The fourth-order valence-corrected chi connectivity index (χ4v) is 3.64. The summed E-state index contributed by atoms with van der Waals surface area (Å²) in [5.74, 6) is 0.407. The Morgan fingerprint density at radius 1 is 1.22 bits per heavy atom. The number of carbonyl (C=O) groups is 2. The van der Waals surface area contributed by atoms with Gasteiger partial charge in [-0.3, -0.25) is 4.79 Å². The number of methoxy groups -OCH3 is 1. The summed E-state index contributed by atoms with van der Waals surface area (Å²) in [6.45, 7) is 0.388. The molecule has 3 rings (SSSR count). The Morgan fingerprint density at radius 2 is 1.91 bits per heavy atom. The number of benzene rings is 1. The van der Waals surface area contributed by atoms with E-state index in [1.807, 2.05) is 24.3 Å². The lowest BCUT2D eigenvalue weighted by Crippen LogP contribution is -2.50. The van der Waals surface area contributed by atoms with Gasteiger partial charge in [-0.05, 0) is 30.5 Å². The van der Waals surface area contributed by atoms with Crippen LogP contribution in [0.15, 0.2) is 24.3 Å². The van der Waals surface area contributed by atoms with Crippen molar-refractivity contribution in [1.82, 2.24) is 5.32 Å². The molecule has 0 spiro atoms. The molecule has 1 heterocycles. The molecule has 1 aromatic carbocycles. The Labute approximate surface area is 136 Å². The summed E-state index contributed by atoms with van der Waals surface area (Å²) < 4.78 is 10.2. The molecule has 1 unspecified atom stereocenters. The second kappa shape index (κ2) is 6.60. The number of amides is 1. The highest BCUT2D eigenvalue weighted by Gasteiger charge is 2.43. The third-order valence-corrected chi connectivity index (χ3v) is 5.03. The largest absolute Gasteiger partial charge is 0.497 e. The minimum absolute atomic E-state index is 0.0498. The molecule has 5 nitrogen and oxygen atoms in total. The van der Waals surface area contributed by atoms with Crippen LogP contribution in [0.4, 0.5) is 0 Å². The molecular weight excluding hydrogens is 294 g/mol. The van der Waals surface area contributed by atoms with Gasteiger partial charge in [-0.25, -0.2) is 4.79 Å². The summed E-state index contributed by atoms with van der Waals surface area (Å²) in [6.07, 6.45) is 5.38. The van der Waals surface area contributed by atoms with Gasteiger partial charge < -0.3 is 14.8 Å². The molecule has 2 aliphatic rings. The van der Waals surface area contributed by atoms with E-state index in [4.69, 9.17) is 9.47 Å². The molecule has 1 amide bonds. The summed E-state index contributed by atoms with van der Waals surface area (Å²) in [5, 5.41) is 2.92. The van der Waals surface area contributed by atoms with E-state index in [0.717, 1.165) is 43.4 Å². The maximum Gasteiger partial charge on any atom is 0.328 e. The van der Waals surface area contributed by atoms with Crippen LogP contribution in [0.2, 0.25) is 0 Å².